The Bertz CT molecular complexity index is 950. The molecule has 0 radical (unpaired) electrons. The quantitative estimate of drug-likeness (QED) is 0.713. The second-order valence-corrected chi connectivity index (χ2v) is 5.62. The van der Waals surface area contributed by atoms with Gasteiger partial charge in [0.2, 0.25) is 5.88 Å². The van der Waals surface area contributed by atoms with E-state index in [9.17, 15) is 9.59 Å². The summed E-state index contributed by atoms with van der Waals surface area (Å²) in [6.07, 6.45) is 0.526. The Kier molecular flexibility index (Phi) is 5.12. The van der Waals surface area contributed by atoms with Crippen LogP contribution in [0.15, 0.2) is 60.8 Å². The van der Waals surface area contributed by atoms with Crippen molar-refractivity contribution in [1.29, 1.82) is 0 Å². The van der Waals surface area contributed by atoms with Crippen molar-refractivity contribution in [2.45, 2.75) is 13.0 Å². The van der Waals surface area contributed by atoms with E-state index in [0.29, 0.717) is 5.69 Å². The molecule has 0 aliphatic rings. The van der Waals surface area contributed by atoms with Crippen LogP contribution in [0.25, 0.3) is 10.8 Å². The van der Waals surface area contributed by atoms with E-state index >= 15 is 0 Å². The number of methoxy groups -OCH3 is 1. The second kappa shape index (κ2) is 7.65. The fraction of sp³-hybridized carbons (Fsp3) is 0.150. The van der Waals surface area contributed by atoms with Crippen LogP contribution in [0.2, 0.25) is 0 Å². The number of benzene rings is 2. The predicted octanol–water partition coefficient (Wildman–Crippen LogP) is 3.43. The van der Waals surface area contributed by atoms with Gasteiger partial charge in [-0.25, -0.2) is 9.78 Å². The lowest BCUT2D eigenvalue weighted by Gasteiger charge is -2.15. The second-order valence-electron chi connectivity index (χ2n) is 5.62. The molecule has 0 saturated heterocycles. The topological polar surface area (TPSA) is 77.5 Å². The molecule has 0 saturated carbocycles. The largest absolute Gasteiger partial charge is 0.480 e. The van der Waals surface area contributed by atoms with Crippen LogP contribution in [0.1, 0.15) is 17.3 Å². The number of aromatic nitrogens is 1. The monoisotopic (exact) mass is 350 g/mol. The number of anilines is 1. The Morgan fingerprint density at radius 1 is 1.04 bits per heavy atom. The van der Waals surface area contributed by atoms with Crippen molar-refractivity contribution in [3.63, 3.8) is 0 Å². The summed E-state index contributed by atoms with van der Waals surface area (Å²) in [5, 5.41) is 4.73. The highest BCUT2D eigenvalue weighted by Crippen LogP contribution is 2.23. The van der Waals surface area contributed by atoms with Crippen molar-refractivity contribution < 1.29 is 19.1 Å². The van der Waals surface area contributed by atoms with Gasteiger partial charge in [0.1, 0.15) is 5.56 Å². The molecule has 3 rings (SSSR count). The number of esters is 1. The summed E-state index contributed by atoms with van der Waals surface area (Å²) in [6.45, 7) is 1.52. The number of pyridine rings is 1. The van der Waals surface area contributed by atoms with Gasteiger partial charge >= 0.3 is 5.97 Å². The molecule has 0 unspecified atom stereocenters. The zero-order valence-electron chi connectivity index (χ0n) is 14.4. The maximum absolute atomic E-state index is 12.4. The fourth-order valence-corrected chi connectivity index (χ4v) is 2.56. The van der Waals surface area contributed by atoms with Gasteiger partial charge in [-0.3, -0.25) is 4.79 Å². The third-order valence-electron chi connectivity index (χ3n) is 3.88. The number of rotatable bonds is 5. The number of nitrogens with one attached hydrogen (secondary N) is 1. The molecule has 6 heteroatoms. The third kappa shape index (κ3) is 3.64. The van der Waals surface area contributed by atoms with Crippen molar-refractivity contribution in [2.75, 3.05) is 12.4 Å². The number of amides is 1. The normalized spacial score (nSPS) is 11.6. The van der Waals surface area contributed by atoms with Gasteiger partial charge in [0, 0.05) is 17.3 Å². The van der Waals surface area contributed by atoms with Gasteiger partial charge in [-0.1, -0.05) is 36.4 Å². The van der Waals surface area contributed by atoms with E-state index in [-0.39, 0.29) is 11.4 Å². The first-order valence-electron chi connectivity index (χ1n) is 8.08. The average molecular weight is 350 g/mol. The molecule has 0 aliphatic carbocycles. The zero-order valence-corrected chi connectivity index (χ0v) is 14.4. The highest BCUT2D eigenvalue weighted by atomic mass is 16.5. The van der Waals surface area contributed by atoms with Crippen molar-refractivity contribution in [3.05, 3.63) is 66.4 Å². The lowest BCUT2D eigenvalue weighted by Crippen LogP contribution is -2.30. The number of hydrogen-bond acceptors (Lipinski definition) is 5. The Morgan fingerprint density at radius 3 is 2.62 bits per heavy atom. The average Bonchev–Trinajstić information content (AvgIpc) is 2.68. The van der Waals surface area contributed by atoms with Crippen LogP contribution in [0, 0.1) is 0 Å². The Hall–Kier alpha value is -3.41. The van der Waals surface area contributed by atoms with Crippen LogP contribution in [0.4, 0.5) is 5.69 Å². The van der Waals surface area contributed by atoms with E-state index < -0.39 is 18.0 Å². The third-order valence-corrected chi connectivity index (χ3v) is 3.88. The molecule has 0 fully saturated rings. The number of carbonyl (C=O) groups excluding carboxylic acids is 2. The van der Waals surface area contributed by atoms with E-state index in [0.717, 1.165) is 10.8 Å². The number of carbonyl (C=O) groups is 2. The van der Waals surface area contributed by atoms with Crippen LogP contribution in [0.3, 0.4) is 0 Å². The minimum Gasteiger partial charge on any atom is -0.480 e. The van der Waals surface area contributed by atoms with Crippen molar-refractivity contribution in [2.24, 2.45) is 0 Å². The maximum atomic E-state index is 12.4. The van der Waals surface area contributed by atoms with E-state index in [1.54, 1.807) is 12.1 Å². The van der Waals surface area contributed by atoms with Crippen LogP contribution < -0.4 is 10.1 Å². The molecule has 1 atom stereocenters. The predicted molar refractivity (Wildman–Crippen MR) is 98.2 cm³/mol. The molecule has 1 heterocycles. The van der Waals surface area contributed by atoms with Crippen LogP contribution in [-0.2, 0) is 9.53 Å². The first-order valence-corrected chi connectivity index (χ1v) is 8.08. The molecule has 3 aromatic rings. The minimum absolute atomic E-state index is 0.152. The molecule has 1 N–H and O–H groups in total. The summed E-state index contributed by atoms with van der Waals surface area (Å²) in [4.78, 5) is 28.7. The molecule has 0 bridgehead atoms. The Balaban J connectivity index is 1.72. The highest BCUT2D eigenvalue weighted by molar-refractivity contribution is 6.04. The summed E-state index contributed by atoms with van der Waals surface area (Å²) in [6, 6.07) is 16.5. The fourth-order valence-electron chi connectivity index (χ4n) is 2.56. The highest BCUT2D eigenvalue weighted by Gasteiger charge is 2.22. The first kappa shape index (κ1) is 17.4. The summed E-state index contributed by atoms with van der Waals surface area (Å²) in [5.41, 5.74) is 0.828. The minimum atomic E-state index is -0.980. The smallest absolute Gasteiger partial charge is 0.344 e. The Labute approximate surface area is 150 Å². The molecule has 132 valence electrons. The number of fused-ring (bicyclic) bond motifs is 1. The van der Waals surface area contributed by atoms with Gasteiger partial charge in [0.05, 0.1) is 7.11 Å². The molecule has 6 nitrogen and oxygen atoms in total. The molecular formula is C20H18N2O4. The SMILES string of the molecule is COc1ncccc1C(=O)O[C@H](C)C(=O)Nc1cccc2ccccc12. The number of nitrogens with zero attached hydrogens (tertiary/aromatic N) is 1. The molecule has 1 aromatic heterocycles. The molecule has 1 amide bonds. The van der Waals surface area contributed by atoms with E-state index in [4.69, 9.17) is 9.47 Å². The van der Waals surface area contributed by atoms with Gasteiger partial charge in [0.15, 0.2) is 6.10 Å². The van der Waals surface area contributed by atoms with Crippen LogP contribution in [-0.4, -0.2) is 30.1 Å². The zero-order chi connectivity index (χ0) is 18.5. The van der Waals surface area contributed by atoms with E-state index in [1.165, 1.54) is 26.3 Å². The van der Waals surface area contributed by atoms with Gasteiger partial charge in [-0.05, 0) is 30.5 Å². The first-order chi connectivity index (χ1) is 12.6. The standard InChI is InChI=1S/C20H18N2O4/c1-13(26-20(24)16-10-6-12-21-19(16)25-2)18(23)22-17-11-5-8-14-7-3-4-9-15(14)17/h3-13H,1-2H3,(H,22,23)/t13-/m1/s1. The van der Waals surface area contributed by atoms with Gasteiger partial charge in [-0.15, -0.1) is 0 Å². The lowest BCUT2D eigenvalue weighted by molar-refractivity contribution is -0.123. The number of hydrogen-bond donors (Lipinski definition) is 1. The summed E-state index contributed by atoms with van der Waals surface area (Å²) >= 11 is 0. The molecule has 0 spiro atoms. The molecular weight excluding hydrogens is 332 g/mol. The molecule has 26 heavy (non-hydrogen) atoms. The van der Waals surface area contributed by atoms with Crippen molar-refractivity contribution >= 4 is 28.3 Å². The van der Waals surface area contributed by atoms with Crippen LogP contribution in [0.5, 0.6) is 5.88 Å². The van der Waals surface area contributed by atoms with Gasteiger partial charge in [0.25, 0.3) is 5.91 Å². The molecule has 0 aliphatic heterocycles. The van der Waals surface area contributed by atoms with Crippen molar-refractivity contribution in [3.8, 4) is 5.88 Å². The van der Waals surface area contributed by atoms with E-state index in [1.807, 2.05) is 36.4 Å². The lowest BCUT2D eigenvalue weighted by atomic mass is 10.1. The van der Waals surface area contributed by atoms with Gasteiger partial charge in [-0.2, -0.15) is 0 Å². The maximum Gasteiger partial charge on any atom is 0.344 e. The van der Waals surface area contributed by atoms with Crippen molar-refractivity contribution in [1.82, 2.24) is 4.98 Å². The summed E-state index contributed by atoms with van der Waals surface area (Å²) in [5.74, 6) is -0.938. The summed E-state index contributed by atoms with van der Waals surface area (Å²) < 4.78 is 10.3. The van der Waals surface area contributed by atoms with E-state index in [2.05, 4.69) is 10.3 Å². The van der Waals surface area contributed by atoms with Gasteiger partial charge < -0.3 is 14.8 Å². The van der Waals surface area contributed by atoms with Crippen LogP contribution >= 0.6 is 0 Å². The molecule has 2 aromatic carbocycles. The number of ether oxygens (including phenoxy) is 2. The summed E-state index contributed by atoms with van der Waals surface area (Å²) in [7, 11) is 1.41. The Morgan fingerprint density at radius 2 is 1.81 bits per heavy atom.